The van der Waals surface area contributed by atoms with Crippen molar-refractivity contribution < 1.29 is 9.18 Å². The maximum Gasteiger partial charge on any atom is 0.242 e. The van der Waals surface area contributed by atoms with E-state index in [-0.39, 0.29) is 12.5 Å². The fraction of sp³-hybridized carbons (Fsp3) is 0.286. The van der Waals surface area contributed by atoms with Gasteiger partial charge in [0, 0.05) is 18.0 Å². The van der Waals surface area contributed by atoms with Gasteiger partial charge >= 0.3 is 0 Å². The Morgan fingerprint density at radius 2 is 2.35 bits per heavy atom. The van der Waals surface area contributed by atoms with Crippen molar-refractivity contribution in [1.82, 2.24) is 9.88 Å². The Kier molecular flexibility index (Phi) is 3.64. The van der Waals surface area contributed by atoms with Gasteiger partial charge in [-0.2, -0.15) is 4.39 Å². The average Bonchev–Trinajstić information content (AvgIpc) is 2.92. The summed E-state index contributed by atoms with van der Waals surface area (Å²) in [6.45, 7) is 1.54. The first-order valence-corrected chi connectivity index (χ1v) is 7.30. The van der Waals surface area contributed by atoms with E-state index < -0.39 is 5.95 Å². The van der Waals surface area contributed by atoms with Crippen LogP contribution in [0.5, 0.6) is 0 Å². The molecule has 0 spiro atoms. The van der Waals surface area contributed by atoms with Gasteiger partial charge in [-0.3, -0.25) is 4.79 Å². The molecule has 3 rings (SSSR count). The molecule has 4 nitrogen and oxygen atoms in total. The van der Waals surface area contributed by atoms with Gasteiger partial charge in [-0.15, -0.1) is 11.3 Å². The second kappa shape index (κ2) is 5.58. The molecule has 1 aliphatic heterocycles. The number of nitrogens with zero attached hydrogens (tertiary/aromatic N) is 2. The largest absolute Gasteiger partial charge is 0.361 e. The smallest absolute Gasteiger partial charge is 0.242 e. The van der Waals surface area contributed by atoms with E-state index >= 15 is 0 Å². The van der Waals surface area contributed by atoms with Crippen LogP contribution in [0.25, 0.3) is 0 Å². The second-order valence-corrected chi connectivity index (χ2v) is 5.63. The molecule has 0 radical (unpaired) electrons. The predicted molar refractivity (Wildman–Crippen MR) is 76.1 cm³/mol. The molecule has 0 bridgehead atoms. The number of carbonyl (C=O) groups is 1. The monoisotopic (exact) mass is 291 g/mol. The lowest BCUT2D eigenvalue weighted by atomic mass is 10.1. The summed E-state index contributed by atoms with van der Waals surface area (Å²) < 4.78 is 12.9. The van der Waals surface area contributed by atoms with Gasteiger partial charge in [-0.05, 0) is 35.6 Å². The topological polar surface area (TPSA) is 45.2 Å². The Hall–Kier alpha value is -1.95. The van der Waals surface area contributed by atoms with Gasteiger partial charge in [0.05, 0.1) is 6.54 Å². The van der Waals surface area contributed by atoms with Crippen molar-refractivity contribution >= 4 is 23.1 Å². The molecule has 0 aliphatic carbocycles. The fourth-order valence-electron chi connectivity index (χ4n) is 2.25. The Morgan fingerprint density at radius 3 is 3.20 bits per heavy atom. The highest BCUT2D eigenvalue weighted by Gasteiger charge is 2.21. The van der Waals surface area contributed by atoms with E-state index in [0.29, 0.717) is 12.4 Å². The van der Waals surface area contributed by atoms with E-state index in [2.05, 4.69) is 21.7 Å². The van der Waals surface area contributed by atoms with Crippen molar-refractivity contribution in [1.29, 1.82) is 0 Å². The molecule has 2 aromatic rings. The lowest BCUT2D eigenvalue weighted by Gasteiger charge is -2.27. The van der Waals surface area contributed by atoms with E-state index in [9.17, 15) is 9.18 Å². The molecule has 2 aromatic heterocycles. The van der Waals surface area contributed by atoms with Gasteiger partial charge < -0.3 is 10.2 Å². The van der Waals surface area contributed by atoms with Gasteiger partial charge in [0.15, 0.2) is 0 Å². The number of aromatic nitrogens is 1. The first kappa shape index (κ1) is 13.1. The summed E-state index contributed by atoms with van der Waals surface area (Å²) >= 11 is 1.75. The number of pyridine rings is 1. The van der Waals surface area contributed by atoms with Crippen LogP contribution < -0.4 is 5.32 Å². The fourth-order valence-corrected chi connectivity index (χ4v) is 3.14. The van der Waals surface area contributed by atoms with Crippen molar-refractivity contribution in [2.75, 3.05) is 18.4 Å². The third-order valence-electron chi connectivity index (χ3n) is 3.30. The molecular weight excluding hydrogens is 277 g/mol. The lowest BCUT2D eigenvalue weighted by molar-refractivity contribution is -0.130. The van der Waals surface area contributed by atoms with Crippen LogP contribution in [-0.2, 0) is 17.8 Å². The zero-order chi connectivity index (χ0) is 13.9. The molecule has 3 heterocycles. The van der Waals surface area contributed by atoms with Gasteiger partial charge in [0.1, 0.15) is 5.82 Å². The highest BCUT2D eigenvalue weighted by Crippen LogP contribution is 2.23. The summed E-state index contributed by atoms with van der Waals surface area (Å²) in [6, 6.07) is 6.55. The molecule has 1 N–H and O–H groups in total. The van der Waals surface area contributed by atoms with Crippen LogP contribution >= 0.6 is 11.3 Å². The van der Waals surface area contributed by atoms with Crippen molar-refractivity contribution in [3.8, 4) is 0 Å². The molecule has 0 aromatic carbocycles. The third-order valence-corrected chi connectivity index (χ3v) is 4.32. The van der Waals surface area contributed by atoms with Crippen molar-refractivity contribution in [2.24, 2.45) is 0 Å². The number of rotatable bonds is 3. The van der Waals surface area contributed by atoms with Crippen LogP contribution in [0.15, 0.2) is 29.6 Å². The zero-order valence-electron chi connectivity index (χ0n) is 10.8. The minimum atomic E-state index is -0.552. The summed E-state index contributed by atoms with van der Waals surface area (Å²) in [4.78, 5) is 19.0. The van der Waals surface area contributed by atoms with Gasteiger partial charge in [-0.25, -0.2) is 4.98 Å². The number of carbonyl (C=O) groups excluding carboxylic acids is 1. The molecule has 0 saturated carbocycles. The van der Waals surface area contributed by atoms with E-state index in [4.69, 9.17) is 0 Å². The minimum absolute atomic E-state index is 0.00733. The van der Waals surface area contributed by atoms with Crippen LogP contribution in [0.1, 0.15) is 10.4 Å². The van der Waals surface area contributed by atoms with Gasteiger partial charge in [-0.1, -0.05) is 6.07 Å². The normalized spacial score (nSPS) is 13.9. The molecule has 0 unspecified atom stereocenters. The zero-order valence-corrected chi connectivity index (χ0v) is 11.6. The molecule has 0 fully saturated rings. The Bertz CT molecular complexity index is 628. The standard InChI is InChI=1S/C14H14FN3OS/c15-12-2-1-3-13(17-12)16-8-14(19)18-6-4-11-10(9-18)5-7-20-11/h1-3,5,7H,4,6,8-9H2,(H,16,17). The molecular formula is C14H14FN3OS. The predicted octanol–water partition coefficient (Wildman–Crippen LogP) is 2.28. The first-order valence-electron chi connectivity index (χ1n) is 6.42. The number of amides is 1. The summed E-state index contributed by atoms with van der Waals surface area (Å²) in [5.41, 5.74) is 1.23. The molecule has 6 heteroatoms. The van der Waals surface area contributed by atoms with Gasteiger partial charge in [0.2, 0.25) is 11.9 Å². The van der Waals surface area contributed by atoms with E-state index in [0.717, 1.165) is 13.0 Å². The summed E-state index contributed by atoms with van der Waals surface area (Å²) in [5, 5.41) is 4.92. The molecule has 20 heavy (non-hydrogen) atoms. The Labute approximate surface area is 120 Å². The summed E-state index contributed by atoms with van der Waals surface area (Å²) in [7, 11) is 0. The Balaban J connectivity index is 1.58. The number of fused-ring (bicyclic) bond motifs is 1. The number of thiophene rings is 1. The summed E-state index contributed by atoms with van der Waals surface area (Å²) in [5.74, 6) is -0.164. The van der Waals surface area contributed by atoms with Crippen LogP contribution in [0.2, 0.25) is 0 Å². The number of halogens is 1. The van der Waals surface area contributed by atoms with Crippen molar-refractivity contribution in [3.63, 3.8) is 0 Å². The molecule has 0 atom stereocenters. The maximum absolute atomic E-state index is 12.9. The van der Waals surface area contributed by atoms with Crippen LogP contribution in [0, 0.1) is 5.95 Å². The van der Waals surface area contributed by atoms with Crippen LogP contribution in [0.4, 0.5) is 10.2 Å². The quantitative estimate of drug-likeness (QED) is 0.882. The number of hydrogen-bond donors (Lipinski definition) is 1. The SMILES string of the molecule is O=C(CNc1cccc(F)n1)N1CCc2sccc2C1. The molecule has 104 valence electrons. The number of nitrogens with one attached hydrogen (secondary N) is 1. The average molecular weight is 291 g/mol. The number of hydrogen-bond acceptors (Lipinski definition) is 4. The Morgan fingerprint density at radius 1 is 1.45 bits per heavy atom. The van der Waals surface area contributed by atoms with Crippen molar-refractivity contribution in [2.45, 2.75) is 13.0 Å². The summed E-state index contributed by atoms with van der Waals surface area (Å²) in [6.07, 6.45) is 0.914. The van der Waals surface area contributed by atoms with E-state index in [1.54, 1.807) is 23.5 Å². The molecule has 0 saturated heterocycles. The van der Waals surface area contributed by atoms with Crippen LogP contribution in [-0.4, -0.2) is 28.9 Å². The number of anilines is 1. The highest BCUT2D eigenvalue weighted by atomic mass is 32.1. The highest BCUT2D eigenvalue weighted by molar-refractivity contribution is 7.10. The second-order valence-electron chi connectivity index (χ2n) is 4.63. The minimum Gasteiger partial charge on any atom is -0.361 e. The van der Waals surface area contributed by atoms with E-state index in [1.165, 1.54) is 16.5 Å². The maximum atomic E-state index is 12.9. The van der Waals surface area contributed by atoms with Gasteiger partial charge in [0.25, 0.3) is 0 Å². The molecule has 1 amide bonds. The molecule has 1 aliphatic rings. The van der Waals surface area contributed by atoms with E-state index in [1.807, 2.05) is 4.90 Å². The first-order chi connectivity index (χ1) is 9.72. The lowest BCUT2D eigenvalue weighted by Crippen LogP contribution is -2.38. The third kappa shape index (κ3) is 2.80. The van der Waals surface area contributed by atoms with Crippen LogP contribution in [0.3, 0.4) is 0 Å². The van der Waals surface area contributed by atoms with Crippen molar-refractivity contribution in [3.05, 3.63) is 46.0 Å².